The highest BCUT2D eigenvalue weighted by Crippen LogP contribution is 2.00. The quantitative estimate of drug-likeness (QED) is 0.673. The van der Waals surface area contributed by atoms with Crippen LogP contribution in [-0.2, 0) is 9.47 Å². The van der Waals surface area contributed by atoms with E-state index in [4.69, 9.17) is 4.74 Å². The first kappa shape index (κ1) is 11.1. The maximum absolute atomic E-state index is 11.2. The Kier molecular flexibility index (Phi) is 3.73. The zero-order chi connectivity index (χ0) is 11.3. The minimum Gasteiger partial charge on any atom is -0.464 e. The van der Waals surface area contributed by atoms with E-state index in [9.17, 15) is 9.59 Å². The Morgan fingerprint density at radius 1 is 1.27 bits per heavy atom. The van der Waals surface area contributed by atoms with Crippen molar-refractivity contribution in [3.8, 4) is 0 Å². The number of hydrogen-bond donors (Lipinski definition) is 0. The number of methoxy groups -OCH3 is 1. The first-order valence-electron chi connectivity index (χ1n) is 4.26. The van der Waals surface area contributed by atoms with Crippen LogP contribution in [0, 0.1) is 0 Å². The van der Waals surface area contributed by atoms with Gasteiger partial charge in [-0.05, 0) is 6.92 Å². The summed E-state index contributed by atoms with van der Waals surface area (Å²) in [6.07, 6.45) is 2.44. The summed E-state index contributed by atoms with van der Waals surface area (Å²) in [4.78, 5) is 29.7. The Hall–Kier alpha value is -1.98. The van der Waals surface area contributed by atoms with E-state index < -0.39 is 11.9 Å². The molecule has 0 N–H and O–H groups in total. The molecule has 0 fully saturated rings. The predicted molar refractivity (Wildman–Crippen MR) is 49.3 cm³/mol. The number of ether oxygens (including phenoxy) is 2. The van der Waals surface area contributed by atoms with Crippen LogP contribution >= 0.6 is 0 Å². The van der Waals surface area contributed by atoms with Gasteiger partial charge in [0.25, 0.3) is 0 Å². The molecule has 0 atom stereocenters. The zero-order valence-corrected chi connectivity index (χ0v) is 8.39. The van der Waals surface area contributed by atoms with Crippen LogP contribution in [-0.4, -0.2) is 35.6 Å². The van der Waals surface area contributed by atoms with Crippen molar-refractivity contribution >= 4 is 11.9 Å². The van der Waals surface area contributed by atoms with Crippen LogP contribution in [0.2, 0.25) is 0 Å². The fourth-order valence-corrected chi connectivity index (χ4v) is 0.872. The van der Waals surface area contributed by atoms with Gasteiger partial charge in [0.05, 0.1) is 26.1 Å². The van der Waals surface area contributed by atoms with Crippen LogP contribution in [0.1, 0.15) is 27.9 Å². The van der Waals surface area contributed by atoms with E-state index in [2.05, 4.69) is 14.7 Å². The molecule has 0 aliphatic rings. The fourth-order valence-electron chi connectivity index (χ4n) is 0.872. The number of carbonyl (C=O) groups is 2. The first-order valence-corrected chi connectivity index (χ1v) is 4.26. The highest BCUT2D eigenvalue weighted by atomic mass is 16.5. The standard InChI is InChI=1S/C9H10N2O4/c1-3-15-9(13)7-5-10-4-6(11-7)8(12)14-2/h4-5H,3H2,1-2H3. The topological polar surface area (TPSA) is 78.4 Å². The Balaban J connectivity index is 2.92. The number of hydrogen-bond acceptors (Lipinski definition) is 6. The lowest BCUT2D eigenvalue weighted by Crippen LogP contribution is -2.12. The molecule has 15 heavy (non-hydrogen) atoms. The Morgan fingerprint density at radius 3 is 2.40 bits per heavy atom. The van der Waals surface area contributed by atoms with Crippen molar-refractivity contribution < 1.29 is 19.1 Å². The van der Waals surface area contributed by atoms with Gasteiger partial charge in [0.1, 0.15) is 0 Å². The summed E-state index contributed by atoms with van der Waals surface area (Å²) in [6, 6.07) is 0. The number of aromatic nitrogens is 2. The lowest BCUT2D eigenvalue weighted by atomic mass is 10.4. The average molecular weight is 210 g/mol. The van der Waals surface area contributed by atoms with E-state index in [1.165, 1.54) is 19.5 Å². The molecular weight excluding hydrogens is 200 g/mol. The number of carbonyl (C=O) groups excluding carboxylic acids is 2. The van der Waals surface area contributed by atoms with Gasteiger partial charge in [0.2, 0.25) is 0 Å². The normalized spacial score (nSPS) is 9.47. The first-order chi connectivity index (χ1) is 7.19. The molecule has 1 aromatic rings. The SMILES string of the molecule is CCOC(=O)c1cncc(C(=O)OC)n1. The molecule has 1 rings (SSSR count). The molecule has 80 valence electrons. The molecule has 0 saturated carbocycles. The van der Waals surface area contributed by atoms with E-state index in [0.29, 0.717) is 0 Å². The van der Waals surface area contributed by atoms with Gasteiger partial charge in [-0.2, -0.15) is 0 Å². The van der Waals surface area contributed by atoms with Crippen molar-refractivity contribution in [3.63, 3.8) is 0 Å². The summed E-state index contributed by atoms with van der Waals surface area (Å²) in [5.41, 5.74) is -0.0391. The molecular formula is C9H10N2O4. The predicted octanol–water partition coefficient (Wildman–Crippen LogP) is 0.440. The van der Waals surface area contributed by atoms with Gasteiger partial charge >= 0.3 is 11.9 Å². The van der Waals surface area contributed by atoms with Crippen molar-refractivity contribution in [2.24, 2.45) is 0 Å². The maximum atomic E-state index is 11.2. The molecule has 0 saturated heterocycles. The lowest BCUT2D eigenvalue weighted by Gasteiger charge is -2.01. The van der Waals surface area contributed by atoms with Crippen molar-refractivity contribution in [1.29, 1.82) is 0 Å². The van der Waals surface area contributed by atoms with Gasteiger partial charge in [-0.3, -0.25) is 4.98 Å². The van der Waals surface area contributed by atoms with Crippen molar-refractivity contribution in [3.05, 3.63) is 23.8 Å². The second kappa shape index (κ2) is 5.04. The van der Waals surface area contributed by atoms with E-state index in [1.807, 2.05) is 0 Å². The molecule has 1 heterocycles. The van der Waals surface area contributed by atoms with Crippen molar-refractivity contribution in [2.45, 2.75) is 6.92 Å². The minimum atomic E-state index is -0.645. The molecule has 6 heteroatoms. The van der Waals surface area contributed by atoms with Crippen LogP contribution in [0.5, 0.6) is 0 Å². The lowest BCUT2D eigenvalue weighted by molar-refractivity contribution is 0.0518. The largest absolute Gasteiger partial charge is 0.464 e. The molecule has 0 aliphatic carbocycles. The van der Waals surface area contributed by atoms with E-state index in [-0.39, 0.29) is 18.0 Å². The van der Waals surface area contributed by atoms with Crippen LogP contribution in [0.4, 0.5) is 0 Å². The van der Waals surface area contributed by atoms with E-state index >= 15 is 0 Å². The fraction of sp³-hybridized carbons (Fsp3) is 0.333. The third kappa shape index (κ3) is 2.73. The third-order valence-corrected chi connectivity index (χ3v) is 1.51. The van der Waals surface area contributed by atoms with Crippen molar-refractivity contribution in [2.75, 3.05) is 13.7 Å². The number of esters is 2. The maximum Gasteiger partial charge on any atom is 0.358 e. The van der Waals surface area contributed by atoms with Crippen molar-refractivity contribution in [1.82, 2.24) is 9.97 Å². The van der Waals surface area contributed by atoms with Gasteiger partial charge in [-0.1, -0.05) is 0 Å². The summed E-state index contributed by atoms with van der Waals surface area (Å²) >= 11 is 0. The summed E-state index contributed by atoms with van der Waals surface area (Å²) in [5.74, 6) is -1.26. The summed E-state index contributed by atoms with van der Waals surface area (Å²) in [5, 5.41) is 0. The molecule has 0 aromatic carbocycles. The van der Waals surface area contributed by atoms with Gasteiger partial charge in [-0.25, -0.2) is 14.6 Å². The van der Waals surface area contributed by atoms with Gasteiger partial charge < -0.3 is 9.47 Å². The summed E-state index contributed by atoms with van der Waals surface area (Å²) < 4.78 is 9.14. The molecule has 6 nitrogen and oxygen atoms in total. The summed E-state index contributed by atoms with van der Waals surface area (Å²) in [7, 11) is 1.22. The highest BCUT2D eigenvalue weighted by Gasteiger charge is 2.13. The average Bonchev–Trinajstić information content (AvgIpc) is 2.28. The molecule has 1 aromatic heterocycles. The van der Waals surface area contributed by atoms with Gasteiger partial charge in [0.15, 0.2) is 11.4 Å². The molecule has 0 bridgehead atoms. The Morgan fingerprint density at radius 2 is 1.87 bits per heavy atom. The molecule has 0 radical (unpaired) electrons. The smallest absolute Gasteiger partial charge is 0.358 e. The zero-order valence-electron chi connectivity index (χ0n) is 8.39. The monoisotopic (exact) mass is 210 g/mol. The molecule has 0 amide bonds. The minimum absolute atomic E-state index is 0.0141. The van der Waals surface area contributed by atoms with E-state index in [1.54, 1.807) is 6.92 Å². The van der Waals surface area contributed by atoms with Gasteiger partial charge in [0, 0.05) is 0 Å². The second-order valence-corrected chi connectivity index (χ2v) is 2.50. The van der Waals surface area contributed by atoms with Crippen LogP contribution in [0.25, 0.3) is 0 Å². The number of nitrogens with zero attached hydrogens (tertiary/aromatic N) is 2. The molecule has 0 unspecified atom stereocenters. The summed E-state index contributed by atoms with van der Waals surface area (Å²) in [6.45, 7) is 1.92. The van der Waals surface area contributed by atoms with Crippen LogP contribution in [0.15, 0.2) is 12.4 Å². The van der Waals surface area contributed by atoms with Crippen LogP contribution in [0.3, 0.4) is 0 Å². The molecule has 0 aliphatic heterocycles. The van der Waals surface area contributed by atoms with E-state index in [0.717, 1.165) is 0 Å². The molecule has 0 spiro atoms. The third-order valence-electron chi connectivity index (χ3n) is 1.51. The Labute approximate surface area is 86.2 Å². The van der Waals surface area contributed by atoms with Gasteiger partial charge in [-0.15, -0.1) is 0 Å². The second-order valence-electron chi connectivity index (χ2n) is 2.50. The Bertz CT molecular complexity index is 378. The number of rotatable bonds is 3. The highest BCUT2D eigenvalue weighted by molar-refractivity contribution is 5.90. The van der Waals surface area contributed by atoms with Crippen LogP contribution < -0.4 is 0 Å².